The average Bonchev–Trinajstić information content (AvgIpc) is 1.73. The van der Waals surface area contributed by atoms with Crippen LogP contribution in [0.4, 0.5) is 39.5 Å². The van der Waals surface area contributed by atoms with Gasteiger partial charge in [-0.1, -0.05) is 123 Å². The first-order valence-corrected chi connectivity index (χ1v) is 33.0. The number of ether oxygens (including phenoxy) is 6. The molecule has 4 unspecified atom stereocenters. The van der Waals surface area contributed by atoms with Gasteiger partial charge in [0.25, 0.3) is 6.47 Å². The number of aliphatic carboxylic acids is 1. The molecule has 1 aliphatic rings. The van der Waals surface area contributed by atoms with E-state index in [4.69, 9.17) is 73.3 Å². The Kier molecular flexibility index (Phi) is 49.9. The summed E-state index contributed by atoms with van der Waals surface area (Å²) in [7, 11) is 1.68. The molecule has 1 fully saturated rings. The number of halogens is 13. The first kappa shape index (κ1) is 105. The van der Waals surface area contributed by atoms with Crippen LogP contribution in [0.3, 0.4) is 0 Å². The van der Waals surface area contributed by atoms with Crippen molar-refractivity contribution in [1.82, 2.24) is 29.3 Å². The van der Waals surface area contributed by atoms with Gasteiger partial charge in [-0.2, -0.15) is 54.8 Å². The summed E-state index contributed by atoms with van der Waals surface area (Å²) in [6.07, 6.45) is -8.94. The standard InChI is InChI=1S/C22H20ClF3N2O3.C20H16ClF3N2O3.C11H10BrF3O2.C11H11ClN2O.C5H10O2.CH2O3.4CH4.2K.H/c1-3-28-11-10-18(27-28)17-13-16(23)8-9-19(17)31-20(21(29)30-4-2)14-6-5-7-15(12-14)22(24,25)26;1-2-26-9-8-16(25-26)15-11-14(21)6-7-17(15)29-18(19(27)28)12-4-3-5-13(10-12)20(22,23)24;1-2-17-10(16)9(12)7-4-3-5-8(6-7)11(13,14)15;1-2-14-6-5-10(13-14)9-7-8(12)3-4-11(9)15;1-6-5-3-2-4-7-5;2-1-4-3;;;;;;;/h5-13,20H,3-4H2,1-2H3;3-11,18H,2H2,1H3,(H,27,28);3-6,9H,2H2,1H3;3-7,15H,2H2,1H3;5H,2-4H2,1H3;1,3H;4*1H4;;;/q;;;;;;;;;;2*+1;-1/p-1. The molecular formula is C74H85BrCl3F9K2N6O14. The number of carbonyl (C=O) groups is 4. The van der Waals surface area contributed by atoms with Gasteiger partial charge in [-0.3, -0.25) is 23.6 Å². The van der Waals surface area contributed by atoms with Gasteiger partial charge in [0, 0.05) is 101 Å². The third-order valence-electron chi connectivity index (χ3n) is 14.0. The summed E-state index contributed by atoms with van der Waals surface area (Å²) in [6.45, 7) is 12.1. The maximum atomic E-state index is 13.2. The zero-order valence-electron chi connectivity index (χ0n) is 58.5. The number of rotatable bonds is 20. The molecule has 9 aromatic rings. The Bertz CT molecular complexity index is 4220. The monoisotopic (exact) mass is 1710 g/mol. The molecule has 4 heterocycles. The van der Waals surface area contributed by atoms with Gasteiger partial charge in [-0.15, -0.1) is 0 Å². The summed E-state index contributed by atoms with van der Waals surface area (Å²) in [6, 6.07) is 32.5. The van der Waals surface area contributed by atoms with Crippen LogP contribution in [-0.2, 0) is 81.2 Å². The maximum Gasteiger partial charge on any atom is 1.00 e. The molecule has 1 aliphatic heterocycles. The predicted octanol–water partition coefficient (Wildman–Crippen LogP) is 13.9. The van der Waals surface area contributed by atoms with Crippen LogP contribution in [0.25, 0.3) is 33.8 Å². The summed E-state index contributed by atoms with van der Waals surface area (Å²) in [5.74, 6) is -2.26. The quantitative estimate of drug-likeness (QED) is 0.0137. The molecule has 0 radical (unpaired) electrons. The zero-order valence-corrected chi connectivity index (χ0v) is 67.6. The number of nitrogens with zero attached hydrogens (tertiary/aromatic N) is 6. The molecule has 0 bridgehead atoms. The number of methoxy groups -OCH3 is 1. The van der Waals surface area contributed by atoms with Crippen molar-refractivity contribution in [1.29, 1.82) is 0 Å². The summed E-state index contributed by atoms with van der Waals surface area (Å²) in [5.41, 5.74) is 0.852. The second kappa shape index (κ2) is 51.7. The first-order chi connectivity index (χ1) is 48.8. The molecule has 6 aromatic carbocycles. The van der Waals surface area contributed by atoms with Gasteiger partial charge in [0.05, 0.1) is 47.0 Å². The Labute approximate surface area is 737 Å². The minimum Gasteiger partial charge on any atom is -1.00 e. The van der Waals surface area contributed by atoms with Crippen molar-refractivity contribution < 1.29 is 212 Å². The number of carboxylic acids is 1. The second-order valence-corrected chi connectivity index (χ2v) is 23.3. The molecular weight excluding hydrogens is 1630 g/mol. The molecule has 1 saturated heterocycles. The van der Waals surface area contributed by atoms with Gasteiger partial charge in [0.15, 0.2) is 6.29 Å². The molecule has 4 atom stereocenters. The number of hydrogen-bond donors (Lipinski definition) is 2. The van der Waals surface area contributed by atoms with E-state index in [-0.39, 0.29) is 194 Å². The van der Waals surface area contributed by atoms with Crippen molar-refractivity contribution in [3.05, 3.63) is 213 Å². The van der Waals surface area contributed by atoms with Crippen LogP contribution in [0.2, 0.25) is 15.1 Å². The van der Waals surface area contributed by atoms with E-state index in [0.717, 1.165) is 74.2 Å². The smallest absolute Gasteiger partial charge is 1.00 e. The fraction of sp³-hybridized carbons (Fsp3) is 0.338. The molecule has 109 heavy (non-hydrogen) atoms. The number of aryl methyl sites for hydroxylation is 3. The van der Waals surface area contributed by atoms with Crippen molar-refractivity contribution in [3.63, 3.8) is 0 Å². The number of hydrogen-bond acceptors (Lipinski definition) is 16. The van der Waals surface area contributed by atoms with Crippen LogP contribution in [-0.4, -0.2) is 97.2 Å². The minimum atomic E-state index is -4.60. The van der Waals surface area contributed by atoms with Gasteiger partial charge < -0.3 is 50.2 Å². The number of phenols is 1. The number of alkyl halides is 10. The van der Waals surface area contributed by atoms with Gasteiger partial charge in [0.2, 0.25) is 12.2 Å². The van der Waals surface area contributed by atoms with E-state index in [1.165, 1.54) is 42.5 Å². The summed E-state index contributed by atoms with van der Waals surface area (Å²) in [4.78, 5) is 46.1. The Hall–Kier alpha value is -5.90. The Morgan fingerprint density at radius 1 is 0.578 bits per heavy atom. The fourth-order valence-corrected chi connectivity index (χ4v) is 10.0. The Morgan fingerprint density at radius 3 is 1.28 bits per heavy atom. The van der Waals surface area contributed by atoms with Gasteiger partial charge in [-0.25, -0.2) is 9.59 Å². The van der Waals surface area contributed by atoms with Crippen molar-refractivity contribution in [2.24, 2.45) is 0 Å². The molecule has 35 heteroatoms. The third kappa shape index (κ3) is 33.8. The molecule has 3 aromatic heterocycles. The van der Waals surface area contributed by atoms with Crippen LogP contribution in [0.5, 0.6) is 17.2 Å². The number of aromatic nitrogens is 6. The molecule has 0 amide bonds. The number of aromatic hydroxyl groups is 1. The van der Waals surface area contributed by atoms with Crippen LogP contribution < -0.4 is 118 Å². The van der Waals surface area contributed by atoms with E-state index in [9.17, 15) is 64.1 Å². The van der Waals surface area contributed by atoms with Crippen molar-refractivity contribution in [2.75, 3.05) is 26.9 Å². The van der Waals surface area contributed by atoms with Gasteiger partial charge in [0.1, 0.15) is 22.1 Å². The average molecular weight is 1720 g/mol. The molecule has 0 aliphatic carbocycles. The van der Waals surface area contributed by atoms with Crippen molar-refractivity contribution in [3.8, 4) is 51.0 Å². The SMILES string of the molecule is C.C.C.C.CCOC(=O)C(Br)c1cccc(C(F)(F)F)c1.CCOC(=O)C(Oc1ccc(Cl)cc1-c1ccn(CC)n1)c1cccc(C(F)(F)F)c1.CCn1ccc(-c2cc(Cl)ccc2O)n1.CCn1ccc(-c2cc(Cl)ccc2OC(C(=O)O)c2cccc(C(F)(F)F)c2)n1.COC1CCCO1.O=CO[O-].[H-].[K+].[K+]. The zero-order chi connectivity index (χ0) is 76.2. The van der Waals surface area contributed by atoms with Crippen LogP contribution >= 0.6 is 50.7 Å². The van der Waals surface area contributed by atoms with Crippen LogP contribution in [0, 0.1) is 0 Å². The second-order valence-electron chi connectivity index (χ2n) is 21.1. The topological polar surface area (TPSA) is 250 Å². The van der Waals surface area contributed by atoms with E-state index >= 15 is 0 Å². The first-order valence-electron chi connectivity index (χ1n) is 30.9. The number of carbonyl (C=O) groups excluding carboxylic acids is 3. The minimum absolute atomic E-state index is 0. The van der Waals surface area contributed by atoms with Crippen LogP contribution in [0.15, 0.2) is 164 Å². The number of esters is 2. The molecule has 20 nitrogen and oxygen atoms in total. The summed E-state index contributed by atoms with van der Waals surface area (Å²) in [5, 5.41) is 42.1. The van der Waals surface area contributed by atoms with Gasteiger partial charge in [-0.05, 0) is 150 Å². The number of carboxylic acid groups (broad SMARTS) is 1. The largest absolute Gasteiger partial charge is 1.00 e. The molecule has 2 N–H and O–H groups in total. The van der Waals surface area contributed by atoms with Gasteiger partial charge >= 0.3 is 139 Å². The molecule has 588 valence electrons. The van der Waals surface area contributed by atoms with E-state index in [2.05, 4.69) is 36.1 Å². The van der Waals surface area contributed by atoms with E-state index in [0.29, 0.717) is 56.2 Å². The van der Waals surface area contributed by atoms with Crippen LogP contribution in [0.1, 0.15) is 129 Å². The fourth-order valence-electron chi connectivity index (χ4n) is 9.07. The van der Waals surface area contributed by atoms with Crippen molar-refractivity contribution >= 4 is 75.1 Å². The molecule has 0 spiro atoms. The Morgan fingerprint density at radius 2 is 0.936 bits per heavy atom. The third-order valence-corrected chi connectivity index (χ3v) is 15.6. The molecule has 0 saturated carbocycles. The predicted molar refractivity (Wildman–Crippen MR) is 392 cm³/mol. The summed E-state index contributed by atoms with van der Waals surface area (Å²) < 4.78 is 152. The van der Waals surface area contributed by atoms with Crippen molar-refractivity contribution in [2.45, 2.75) is 139 Å². The molecule has 10 rings (SSSR count). The maximum absolute atomic E-state index is 13.2. The normalized spacial score (nSPS) is 12.6. The Balaban J connectivity index is -0.00000134. The van der Waals surface area contributed by atoms with E-state index in [1.54, 1.807) is 102 Å². The summed E-state index contributed by atoms with van der Waals surface area (Å²) >= 11 is 21.1. The number of benzene rings is 6. The van der Waals surface area contributed by atoms with E-state index < -0.39 is 70.2 Å². The van der Waals surface area contributed by atoms with E-state index in [1.807, 2.05) is 33.0 Å². The number of phenolic OH excluding ortho intramolecular Hbond substituents is 1.